The molecular weight excluding hydrogens is 340 g/mol. The third-order valence-electron chi connectivity index (χ3n) is 5.28. The summed E-state index contributed by atoms with van der Waals surface area (Å²) in [6, 6.07) is 3.95. The molecule has 2 rings (SSSR count). The summed E-state index contributed by atoms with van der Waals surface area (Å²) in [7, 11) is 3.95. The van der Waals surface area contributed by atoms with Crippen LogP contribution in [0.3, 0.4) is 0 Å². The van der Waals surface area contributed by atoms with Crippen molar-refractivity contribution >= 4 is 5.96 Å². The minimum Gasteiger partial charge on any atom is -0.469 e. The van der Waals surface area contributed by atoms with Crippen molar-refractivity contribution in [3.8, 4) is 0 Å². The second-order valence-electron chi connectivity index (χ2n) is 7.43. The monoisotopic (exact) mass is 378 g/mol. The number of nitrogens with one attached hydrogen (secondary N) is 1. The second-order valence-corrected chi connectivity index (χ2v) is 7.43. The average Bonchev–Trinajstić information content (AvgIpc) is 3.20. The van der Waals surface area contributed by atoms with E-state index in [1.165, 1.54) is 32.2 Å². The van der Waals surface area contributed by atoms with Gasteiger partial charge in [-0.25, -0.2) is 0 Å². The van der Waals surface area contributed by atoms with E-state index in [1.54, 1.807) is 13.4 Å². The molecule has 0 aliphatic carbocycles. The Morgan fingerprint density at radius 2 is 2.19 bits per heavy atom. The fourth-order valence-corrected chi connectivity index (χ4v) is 3.59. The average molecular weight is 379 g/mol. The van der Waals surface area contributed by atoms with E-state index in [0.29, 0.717) is 0 Å². The Morgan fingerprint density at radius 1 is 1.37 bits per heavy atom. The lowest BCUT2D eigenvalue weighted by Gasteiger charge is -2.34. The first kappa shape index (κ1) is 21.8. The smallest absolute Gasteiger partial charge is 0.193 e. The molecule has 0 unspecified atom stereocenters. The van der Waals surface area contributed by atoms with Crippen LogP contribution in [0.25, 0.3) is 0 Å². The summed E-state index contributed by atoms with van der Waals surface area (Å²) in [5.41, 5.74) is 0. The third-order valence-corrected chi connectivity index (χ3v) is 5.28. The van der Waals surface area contributed by atoms with Crippen LogP contribution in [0.15, 0.2) is 27.8 Å². The molecule has 1 fully saturated rings. The van der Waals surface area contributed by atoms with Gasteiger partial charge in [0.05, 0.1) is 12.9 Å². The normalized spacial score (nSPS) is 16.3. The number of methoxy groups -OCH3 is 1. The molecule has 154 valence electrons. The Hall–Kier alpha value is -1.53. The fourth-order valence-electron chi connectivity index (χ4n) is 3.59. The number of hydrogen-bond acceptors (Lipinski definition) is 4. The maximum atomic E-state index is 5.40. The number of furan rings is 1. The van der Waals surface area contributed by atoms with Crippen LogP contribution in [0.2, 0.25) is 0 Å². The number of likely N-dealkylation sites (N-methyl/N-ethyl adjacent to an activating group) is 1. The minimum atomic E-state index is 0.767. The minimum absolute atomic E-state index is 0.767. The van der Waals surface area contributed by atoms with Gasteiger partial charge in [-0.3, -0.25) is 4.99 Å². The van der Waals surface area contributed by atoms with Gasteiger partial charge in [0.1, 0.15) is 5.76 Å². The summed E-state index contributed by atoms with van der Waals surface area (Å²) in [5, 5.41) is 3.45. The molecule has 1 aromatic rings. The fraction of sp³-hybridized carbons (Fsp3) is 0.762. The summed E-state index contributed by atoms with van der Waals surface area (Å²) in [6.45, 7) is 9.04. The molecule has 6 heteroatoms. The van der Waals surface area contributed by atoms with Gasteiger partial charge in [-0.2, -0.15) is 0 Å². The highest BCUT2D eigenvalue weighted by molar-refractivity contribution is 5.80. The highest BCUT2D eigenvalue weighted by Gasteiger charge is 2.21. The molecule has 0 radical (unpaired) electrons. The number of piperidine rings is 1. The van der Waals surface area contributed by atoms with E-state index in [0.717, 1.165) is 63.4 Å². The predicted octanol–water partition coefficient (Wildman–Crippen LogP) is 2.86. The largest absolute Gasteiger partial charge is 0.469 e. The molecule has 0 saturated carbocycles. The number of hydrogen-bond donors (Lipinski definition) is 1. The molecule has 0 bridgehead atoms. The Bertz CT molecular complexity index is 510. The van der Waals surface area contributed by atoms with Crippen molar-refractivity contribution in [2.24, 2.45) is 10.9 Å². The van der Waals surface area contributed by atoms with Crippen molar-refractivity contribution in [2.75, 3.05) is 60.0 Å². The first-order valence-corrected chi connectivity index (χ1v) is 10.5. The Kier molecular flexibility index (Phi) is 10.3. The molecular formula is C21H38N4O2. The molecule has 1 aromatic heterocycles. The zero-order valence-electron chi connectivity index (χ0n) is 17.5. The van der Waals surface area contributed by atoms with E-state index in [4.69, 9.17) is 14.1 Å². The first-order valence-electron chi connectivity index (χ1n) is 10.5. The van der Waals surface area contributed by atoms with E-state index in [2.05, 4.69) is 29.1 Å². The summed E-state index contributed by atoms with van der Waals surface area (Å²) in [4.78, 5) is 9.60. The Labute approximate surface area is 165 Å². The summed E-state index contributed by atoms with van der Waals surface area (Å²) >= 11 is 0. The number of likely N-dealkylation sites (tertiary alicyclic amines) is 1. The summed E-state index contributed by atoms with van der Waals surface area (Å²) < 4.78 is 10.5. The summed E-state index contributed by atoms with van der Waals surface area (Å²) in [6.07, 6.45) is 7.73. The number of aliphatic imine (C=N–C) groups is 1. The molecule has 0 spiro atoms. The SMILES string of the molecule is CCNC(=NCCc1ccco1)N1CCC(CCCN(C)CCOC)CC1. The van der Waals surface area contributed by atoms with Gasteiger partial charge in [0.2, 0.25) is 0 Å². The number of nitrogens with zero attached hydrogens (tertiary/aromatic N) is 3. The second kappa shape index (κ2) is 12.8. The maximum Gasteiger partial charge on any atom is 0.193 e. The van der Waals surface area contributed by atoms with Gasteiger partial charge in [0.15, 0.2) is 5.96 Å². The summed E-state index contributed by atoms with van der Waals surface area (Å²) in [5.74, 6) is 2.91. The van der Waals surface area contributed by atoms with Crippen molar-refractivity contribution in [1.82, 2.24) is 15.1 Å². The molecule has 27 heavy (non-hydrogen) atoms. The van der Waals surface area contributed by atoms with Crippen LogP contribution in [0.4, 0.5) is 0 Å². The van der Waals surface area contributed by atoms with Crippen LogP contribution in [0, 0.1) is 5.92 Å². The van der Waals surface area contributed by atoms with Crippen molar-refractivity contribution in [3.05, 3.63) is 24.2 Å². The highest BCUT2D eigenvalue weighted by Crippen LogP contribution is 2.22. The van der Waals surface area contributed by atoms with E-state index in [9.17, 15) is 0 Å². The molecule has 0 aromatic carbocycles. The number of ether oxygens (including phenoxy) is 1. The van der Waals surface area contributed by atoms with Crippen molar-refractivity contribution in [2.45, 2.75) is 39.0 Å². The van der Waals surface area contributed by atoms with Crippen LogP contribution in [-0.4, -0.2) is 75.8 Å². The van der Waals surface area contributed by atoms with Crippen LogP contribution in [0.1, 0.15) is 38.4 Å². The van der Waals surface area contributed by atoms with Gasteiger partial charge in [0, 0.05) is 46.3 Å². The lowest BCUT2D eigenvalue weighted by Crippen LogP contribution is -2.45. The van der Waals surface area contributed by atoms with Gasteiger partial charge in [0.25, 0.3) is 0 Å². The zero-order chi connectivity index (χ0) is 19.3. The van der Waals surface area contributed by atoms with Crippen molar-refractivity contribution < 1.29 is 9.15 Å². The van der Waals surface area contributed by atoms with Crippen LogP contribution in [0.5, 0.6) is 0 Å². The van der Waals surface area contributed by atoms with E-state index in [-0.39, 0.29) is 0 Å². The quantitative estimate of drug-likeness (QED) is 0.474. The lowest BCUT2D eigenvalue weighted by molar-refractivity contribution is 0.158. The third kappa shape index (κ3) is 8.35. The molecule has 6 nitrogen and oxygen atoms in total. The Balaban J connectivity index is 1.68. The van der Waals surface area contributed by atoms with Crippen molar-refractivity contribution in [1.29, 1.82) is 0 Å². The molecule has 0 amide bonds. The topological polar surface area (TPSA) is 53.2 Å². The molecule has 1 aliphatic rings. The van der Waals surface area contributed by atoms with Gasteiger partial charge in [-0.05, 0) is 64.3 Å². The number of rotatable bonds is 11. The maximum absolute atomic E-state index is 5.40. The zero-order valence-corrected chi connectivity index (χ0v) is 17.5. The number of guanidine groups is 1. The Morgan fingerprint density at radius 3 is 2.85 bits per heavy atom. The highest BCUT2D eigenvalue weighted by atomic mass is 16.5. The van der Waals surface area contributed by atoms with E-state index >= 15 is 0 Å². The van der Waals surface area contributed by atoms with Crippen LogP contribution >= 0.6 is 0 Å². The van der Waals surface area contributed by atoms with E-state index in [1.807, 2.05) is 12.1 Å². The lowest BCUT2D eigenvalue weighted by atomic mass is 9.92. The molecule has 0 atom stereocenters. The standard InChI is InChI=1S/C21H38N4O2/c1-4-22-21(23-12-9-20-8-6-17-27-20)25-14-10-19(11-15-25)7-5-13-24(2)16-18-26-3/h6,8,17,19H,4-5,7,9-16,18H2,1-3H3,(H,22,23). The van der Waals surface area contributed by atoms with Gasteiger partial charge >= 0.3 is 0 Å². The van der Waals surface area contributed by atoms with Crippen molar-refractivity contribution in [3.63, 3.8) is 0 Å². The van der Waals surface area contributed by atoms with Gasteiger partial charge in [-0.1, -0.05) is 0 Å². The van der Waals surface area contributed by atoms with Gasteiger partial charge < -0.3 is 24.3 Å². The molecule has 2 heterocycles. The van der Waals surface area contributed by atoms with E-state index < -0.39 is 0 Å². The van der Waals surface area contributed by atoms with Crippen LogP contribution in [-0.2, 0) is 11.2 Å². The van der Waals surface area contributed by atoms with Gasteiger partial charge in [-0.15, -0.1) is 0 Å². The predicted molar refractivity (Wildman–Crippen MR) is 111 cm³/mol. The first-order chi connectivity index (χ1) is 13.2. The van der Waals surface area contributed by atoms with Crippen LogP contribution < -0.4 is 5.32 Å². The molecule has 1 aliphatic heterocycles. The molecule has 1 N–H and O–H groups in total. The molecule has 1 saturated heterocycles.